The number of aromatic nitrogens is 2. The minimum Gasteiger partial charge on any atom is -0.482 e. The zero-order valence-electron chi connectivity index (χ0n) is 48.1. The van der Waals surface area contributed by atoms with Gasteiger partial charge in [-0.1, -0.05) is 150 Å². The van der Waals surface area contributed by atoms with Crippen LogP contribution in [0.4, 0.5) is 0 Å². The summed E-state index contributed by atoms with van der Waals surface area (Å²) in [7, 11) is 1.66. The van der Waals surface area contributed by atoms with E-state index in [4.69, 9.17) is 34.3 Å². The first-order valence-corrected chi connectivity index (χ1v) is 27.4. The number of benzene rings is 4. The molecule has 12 atom stereocenters. The molecule has 6 aromatic rings. The summed E-state index contributed by atoms with van der Waals surface area (Å²) in [6.45, 7) is 26.5. The Morgan fingerprint density at radius 3 is 1.65 bits per heavy atom. The van der Waals surface area contributed by atoms with Crippen LogP contribution in [-0.4, -0.2) is 73.8 Å². The van der Waals surface area contributed by atoms with E-state index >= 15 is 0 Å². The second-order valence-corrected chi connectivity index (χ2v) is 21.3. The molecule has 0 amide bonds. The highest BCUT2D eigenvalue weighted by molar-refractivity contribution is 5.37. The van der Waals surface area contributed by atoms with Crippen LogP contribution in [0.5, 0.6) is 5.88 Å². The van der Waals surface area contributed by atoms with Gasteiger partial charge in [-0.2, -0.15) is 0 Å². The smallest absolute Gasteiger partial charge is 0.190 e. The van der Waals surface area contributed by atoms with Crippen molar-refractivity contribution < 1.29 is 48.6 Å². The van der Waals surface area contributed by atoms with Crippen molar-refractivity contribution in [3.63, 3.8) is 0 Å². The largest absolute Gasteiger partial charge is 0.482 e. The van der Waals surface area contributed by atoms with Gasteiger partial charge in [0.2, 0.25) is 0 Å². The Balaban J connectivity index is 0.000000195. The number of ether oxygens (including phenoxy) is 6. The molecule has 4 heterocycles. The minimum absolute atomic E-state index is 0.0702. The summed E-state index contributed by atoms with van der Waals surface area (Å²) in [4.78, 5) is 11.0. The van der Waals surface area contributed by atoms with Gasteiger partial charge in [0.1, 0.15) is 29.0 Å². The first-order valence-electron chi connectivity index (χ1n) is 27.4. The summed E-state index contributed by atoms with van der Waals surface area (Å²) in [5.41, 5.74) is 8.06. The number of hydrogen-bond acceptors (Lipinski definition) is 11. The number of rotatable bonds is 20. The van der Waals surface area contributed by atoms with E-state index in [1.807, 2.05) is 131 Å². The number of nitrogens with one attached hydrogen (secondary N) is 2. The predicted molar refractivity (Wildman–Crippen MR) is 305 cm³/mol. The first-order chi connectivity index (χ1) is 36.8. The minimum atomic E-state index is -0.907. The first kappa shape index (κ1) is 62.7. The molecular weight excluding hydrogens is 971 g/mol. The molecule has 0 radical (unpaired) electrons. The fourth-order valence-electron chi connectivity index (χ4n) is 10.4. The molecule has 13 heteroatoms. The van der Waals surface area contributed by atoms with E-state index in [0.29, 0.717) is 44.5 Å². The number of H-pyrrole nitrogens is 2. The van der Waals surface area contributed by atoms with Crippen molar-refractivity contribution in [2.24, 2.45) is 23.7 Å². The van der Waals surface area contributed by atoms with E-state index in [1.165, 1.54) is 27.8 Å². The van der Waals surface area contributed by atoms with Crippen LogP contribution in [0, 0.1) is 38.5 Å². The van der Waals surface area contributed by atoms with E-state index in [0.717, 1.165) is 35.5 Å². The molecular formula is C64H91N3O10. The summed E-state index contributed by atoms with van der Waals surface area (Å²) >= 11 is 0. The van der Waals surface area contributed by atoms with Gasteiger partial charge in [-0.15, -0.1) is 0 Å². The standard InChI is InChI=1S/C20H27NO3.C19H27NO3.C15H22O3.C10H15NO/c1-5-17-14(2)20(3,23-13-15-9-7-6-8-10-15)19(24-17)16-11-12-18(21-16)22-4;1-4-17(21)14(2)19(3,18(22)16-11-8-12-20-16)23-13-15-9-6-5-7-10-15;1-4-13-11(2)15(3,14(16)18-13)17-10-12-8-6-5-7-9-12;1-7-4-8(2)10(6-12-11)9(3)5-7/h6-12,14,17,19,21H,5,13H2,1-4H3;5-12,14,17-18,20-22H,4,13H2,1-3H3;5-9,11,13-14,16H,4,10H2,1-3H3;4-5H,6,11H2,1-3H3/t14-,17-,19?,20-;14-,17-,18?,19-;11-,13-,14?,15-;/m111./s1. The molecule has 2 fully saturated rings. The molecule has 4 aromatic carbocycles. The van der Waals surface area contributed by atoms with Gasteiger partial charge in [0, 0.05) is 35.7 Å². The number of methoxy groups -OCH3 is 1. The molecule has 2 aromatic heterocycles. The maximum Gasteiger partial charge on any atom is 0.190 e. The topological polar surface area (TPSA) is 183 Å². The van der Waals surface area contributed by atoms with Gasteiger partial charge >= 0.3 is 0 Å². The molecule has 422 valence electrons. The molecule has 2 saturated heterocycles. The second kappa shape index (κ2) is 29.7. The van der Waals surface area contributed by atoms with Crippen LogP contribution < -0.4 is 10.6 Å². The maximum absolute atomic E-state index is 10.9. The van der Waals surface area contributed by atoms with Crippen molar-refractivity contribution in [1.29, 1.82) is 0 Å². The molecule has 0 spiro atoms. The number of aliphatic hydroxyl groups excluding tert-OH is 3. The molecule has 3 unspecified atom stereocenters. The quantitative estimate of drug-likeness (QED) is 0.0400. The van der Waals surface area contributed by atoms with Crippen molar-refractivity contribution in [3.05, 3.63) is 184 Å². The van der Waals surface area contributed by atoms with Gasteiger partial charge in [-0.3, -0.25) is 4.84 Å². The Labute approximate surface area is 459 Å². The van der Waals surface area contributed by atoms with Gasteiger partial charge in [0.15, 0.2) is 12.2 Å². The molecule has 0 aliphatic carbocycles. The Morgan fingerprint density at radius 2 is 1.19 bits per heavy atom. The molecule has 77 heavy (non-hydrogen) atoms. The SMILES string of the molecule is CC[C@@H](O)[C@@H](C)[C@@](C)(OCc1ccccc1)C(O)c1ccc[nH]1.CC[C@H]1OC(O)[C@](C)(OCc2ccccc2)[C@@H]1C.CC[C@H]1OC(c2ccc(OC)[nH]2)[C@](C)(OCc2ccccc2)[C@@H]1C.Cc1cc(C)c(CON)c(C)c1. The highest BCUT2D eigenvalue weighted by atomic mass is 16.7. The molecule has 7 N–H and O–H groups in total. The lowest BCUT2D eigenvalue weighted by Crippen LogP contribution is -2.47. The third-order valence-corrected chi connectivity index (χ3v) is 16.1. The van der Waals surface area contributed by atoms with Crippen LogP contribution in [-0.2, 0) is 54.9 Å². The molecule has 13 nitrogen and oxygen atoms in total. The van der Waals surface area contributed by atoms with Crippen molar-refractivity contribution in [1.82, 2.24) is 9.97 Å². The van der Waals surface area contributed by atoms with Crippen molar-refractivity contribution in [3.8, 4) is 5.88 Å². The van der Waals surface area contributed by atoms with Crippen LogP contribution in [0.1, 0.15) is 144 Å². The molecule has 8 rings (SSSR count). The number of nitrogens with two attached hydrogens (primary N) is 1. The maximum atomic E-state index is 10.9. The Bertz CT molecular complexity index is 2560. The highest BCUT2D eigenvalue weighted by Crippen LogP contribution is 2.49. The van der Waals surface area contributed by atoms with Gasteiger partial charge in [0.05, 0.1) is 57.5 Å². The lowest BCUT2D eigenvalue weighted by atomic mass is 9.79. The average Bonchev–Trinajstić information content (AvgIpc) is 4.28. The number of aromatic amines is 2. The number of aliphatic hydroxyl groups is 3. The molecule has 2 aliphatic heterocycles. The lowest BCUT2D eigenvalue weighted by Gasteiger charge is -2.41. The lowest BCUT2D eigenvalue weighted by molar-refractivity contribution is -0.191. The van der Waals surface area contributed by atoms with E-state index in [9.17, 15) is 15.3 Å². The van der Waals surface area contributed by atoms with Gasteiger partial charge in [-0.25, -0.2) is 5.90 Å². The van der Waals surface area contributed by atoms with Crippen molar-refractivity contribution >= 4 is 0 Å². The van der Waals surface area contributed by atoms with Crippen LogP contribution in [0.25, 0.3) is 0 Å². The summed E-state index contributed by atoms with van der Waals surface area (Å²) in [5, 5.41) is 31.2. The zero-order chi connectivity index (χ0) is 56.3. The molecule has 0 saturated carbocycles. The summed E-state index contributed by atoms with van der Waals surface area (Å²) < 4.78 is 35.8. The Kier molecular flexibility index (Phi) is 24.2. The second-order valence-electron chi connectivity index (χ2n) is 21.3. The highest BCUT2D eigenvalue weighted by Gasteiger charge is 2.53. The fraction of sp³-hybridized carbons (Fsp3) is 0.500. The van der Waals surface area contributed by atoms with Crippen LogP contribution >= 0.6 is 0 Å². The Hall–Kier alpha value is -5.16. The van der Waals surface area contributed by atoms with Gasteiger partial charge in [-0.05, 0) is 112 Å². The number of aryl methyl sites for hydroxylation is 3. The van der Waals surface area contributed by atoms with Crippen molar-refractivity contribution in [2.75, 3.05) is 7.11 Å². The van der Waals surface area contributed by atoms with Crippen LogP contribution in [0.3, 0.4) is 0 Å². The van der Waals surface area contributed by atoms with E-state index in [1.54, 1.807) is 13.3 Å². The third-order valence-electron chi connectivity index (χ3n) is 16.1. The molecule has 0 bridgehead atoms. The summed E-state index contributed by atoms with van der Waals surface area (Å²) in [6, 6.07) is 42.1. The van der Waals surface area contributed by atoms with Crippen LogP contribution in [0.2, 0.25) is 0 Å². The van der Waals surface area contributed by atoms with E-state index < -0.39 is 35.3 Å². The monoisotopic (exact) mass is 1060 g/mol. The fourth-order valence-corrected chi connectivity index (χ4v) is 10.4. The van der Waals surface area contributed by atoms with E-state index in [-0.39, 0.29) is 30.1 Å². The summed E-state index contributed by atoms with van der Waals surface area (Å²) in [6.07, 6.45) is 2.14. The summed E-state index contributed by atoms with van der Waals surface area (Å²) in [5.74, 6) is 6.03. The molecule has 2 aliphatic rings. The normalized spacial score (nSPS) is 24.7. The number of hydrogen-bond donors (Lipinski definition) is 6. The van der Waals surface area contributed by atoms with Gasteiger partial charge in [0.25, 0.3) is 0 Å². The van der Waals surface area contributed by atoms with Crippen LogP contribution in [0.15, 0.2) is 134 Å². The van der Waals surface area contributed by atoms with Gasteiger partial charge < -0.3 is 53.7 Å². The zero-order valence-corrected chi connectivity index (χ0v) is 48.1. The predicted octanol–water partition coefficient (Wildman–Crippen LogP) is 12.6. The van der Waals surface area contributed by atoms with E-state index in [2.05, 4.69) is 94.5 Å². The van der Waals surface area contributed by atoms with Crippen molar-refractivity contribution in [2.45, 2.75) is 182 Å². The average molecular weight is 1060 g/mol. The Morgan fingerprint density at radius 1 is 0.688 bits per heavy atom. The third kappa shape index (κ3) is 16.2.